The first-order valence-corrected chi connectivity index (χ1v) is 18.6. The van der Waals surface area contributed by atoms with E-state index in [9.17, 15) is 38.4 Å². The molecular formula is C40H44N2O18. The average Bonchev–Trinajstić information content (AvgIpc) is 3.68. The van der Waals surface area contributed by atoms with Crippen LogP contribution in [0, 0.1) is 0 Å². The fraction of sp³-hybridized carbons (Fsp3) is 0.450. The molecule has 0 unspecified atom stereocenters. The molecule has 2 fully saturated rings. The fourth-order valence-corrected chi connectivity index (χ4v) is 6.53. The van der Waals surface area contributed by atoms with Gasteiger partial charge in [-0.15, -0.1) is 0 Å². The molecule has 0 N–H and O–H groups in total. The largest absolute Gasteiger partial charge is 0.463 e. The maximum Gasteiger partial charge on any atom is 0.341 e. The Kier molecular flexibility index (Phi) is 14.8. The number of hydrogen-bond acceptors (Lipinski definition) is 20. The van der Waals surface area contributed by atoms with E-state index < -0.39 is 96.8 Å². The minimum Gasteiger partial charge on any atom is -0.463 e. The second-order valence-corrected chi connectivity index (χ2v) is 13.7. The monoisotopic (exact) mass is 840 g/mol. The summed E-state index contributed by atoms with van der Waals surface area (Å²) in [6.07, 6.45) is 0.829. The summed E-state index contributed by atoms with van der Waals surface area (Å²) in [5.41, 5.74) is 0.345. The lowest BCUT2D eigenvalue weighted by Crippen LogP contribution is -2.44. The number of carbonyl (C=O) groups is 8. The van der Waals surface area contributed by atoms with Crippen LogP contribution in [0.2, 0.25) is 0 Å². The van der Waals surface area contributed by atoms with Crippen molar-refractivity contribution >= 4 is 47.8 Å². The SMILES string of the molecule is CC(=O)OC[C@H]1O[C@@H](N2C=CCC(C(=O)Oc3ccc(OC(=O)C4=CN([C@@H]5O[C@H](COC(C)=O)[C@@H](OC(C)=O)[C@H]5OC(C)=O)C=CC4)cc3)=C2)[C@H](OC(C)=O)[C@@H]1OC(C)=O. The number of hydrogen-bond donors (Lipinski definition) is 0. The highest BCUT2D eigenvalue weighted by molar-refractivity contribution is 5.91. The molecule has 0 aliphatic carbocycles. The van der Waals surface area contributed by atoms with E-state index in [1.54, 1.807) is 24.6 Å². The van der Waals surface area contributed by atoms with E-state index in [0.29, 0.717) is 0 Å². The molecule has 20 heteroatoms. The first-order valence-electron chi connectivity index (χ1n) is 18.6. The van der Waals surface area contributed by atoms with Crippen LogP contribution in [0.5, 0.6) is 11.5 Å². The zero-order valence-electron chi connectivity index (χ0n) is 33.5. The molecule has 60 heavy (non-hydrogen) atoms. The lowest BCUT2D eigenvalue weighted by atomic mass is 10.1. The summed E-state index contributed by atoms with van der Waals surface area (Å²) in [6, 6.07) is 5.64. The molecule has 0 saturated carbocycles. The second-order valence-electron chi connectivity index (χ2n) is 13.7. The summed E-state index contributed by atoms with van der Waals surface area (Å²) in [5, 5.41) is 0. The maximum atomic E-state index is 13.3. The Hall–Kier alpha value is -6.54. The third-order valence-corrected chi connectivity index (χ3v) is 8.88. The predicted molar refractivity (Wildman–Crippen MR) is 198 cm³/mol. The quantitative estimate of drug-likeness (QED) is 0.148. The zero-order chi connectivity index (χ0) is 43.7. The van der Waals surface area contributed by atoms with Gasteiger partial charge in [0.25, 0.3) is 0 Å². The van der Waals surface area contributed by atoms with Crippen LogP contribution < -0.4 is 9.47 Å². The minimum atomic E-state index is -1.17. The molecular weight excluding hydrogens is 796 g/mol. The smallest absolute Gasteiger partial charge is 0.341 e. The van der Waals surface area contributed by atoms with Gasteiger partial charge < -0.3 is 57.2 Å². The van der Waals surface area contributed by atoms with Crippen LogP contribution in [0.1, 0.15) is 54.4 Å². The number of carbonyl (C=O) groups excluding carboxylic acids is 8. The summed E-state index contributed by atoms with van der Waals surface area (Å²) < 4.78 is 55.2. The molecule has 0 radical (unpaired) electrons. The van der Waals surface area contributed by atoms with Crippen LogP contribution in [0.15, 0.2) is 72.4 Å². The summed E-state index contributed by atoms with van der Waals surface area (Å²) in [4.78, 5) is 100. The van der Waals surface area contributed by atoms with Gasteiger partial charge in [-0.05, 0) is 24.3 Å². The van der Waals surface area contributed by atoms with E-state index in [-0.39, 0.29) is 48.7 Å². The third kappa shape index (κ3) is 11.8. The Morgan fingerprint density at radius 3 is 1.17 bits per heavy atom. The van der Waals surface area contributed by atoms with Gasteiger partial charge in [0.05, 0.1) is 11.1 Å². The highest BCUT2D eigenvalue weighted by atomic mass is 16.7. The summed E-state index contributed by atoms with van der Waals surface area (Å²) in [5.74, 6) is -5.23. The summed E-state index contributed by atoms with van der Waals surface area (Å²) >= 11 is 0. The van der Waals surface area contributed by atoms with Crippen LogP contribution in [0.25, 0.3) is 0 Å². The van der Waals surface area contributed by atoms with Crippen molar-refractivity contribution in [3.63, 3.8) is 0 Å². The second kappa shape index (κ2) is 19.9. The molecule has 4 aliphatic rings. The summed E-state index contributed by atoms with van der Waals surface area (Å²) in [6.45, 7) is 6.46. The molecule has 0 amide bonds. The van der Waals surface area contributed by atoms with E-state index in [4.69, 9.17) is 47.4 Å². The van der Waals surface area contributed by atoms with Gasteiger partial charge in [-0.1, -0.05) is 12.2 Å². The van der Waals surface area contributed by atoms with Gasteiger partial charge in [0.1, 0.15) is 36.9 Å². The fourth-order valence-electron chi connectivity index (χ4n) is 6.53. The number of nitrogens with zero attached hydrogens (tertiary/aromatic N) is 2. The van der Waals surface area contributed by atoms with Gasteiger partial charge in [0.2, 0.25) is 0 Å². The normalized spacial score (nSPS) is 25.6. The standard InChI is InChI=1S/C40H44N2O18/c1-21(43)51-19-31-33(53-23(3)45)35(55-25(5)47)37(59-31)41-15-7-9-27(17-41)39(49)57-29-11-13-30(14-12-29)58-40(50)28-10-8-16-42(18-28)38-36(56-26(6)48)34(54-24(4)46)32(60-38)20-52-22(2)44/h7-8,11-18,31-38H,9-10,19-20H2,1-6H3/t31-,32-,33-,34-,35-,36-,37-,38-/m1/s1. The van der Waals surface area contributed by atoms with Gasteiger partial charge in [0, 0.05) is 79.2 Å². The number of rotatable bonds is 14. The minimum absolute atomic E-state index is 0.111. The molecule has 1 aromatic carbocycles. The first-order chi connectivity index (χ1) is 28.5. The topological polar surface area (TPSA) is 235 Å². The van der Waals surface area contributed by atoms with E-state index in [2.05, 4.69) is 0 Å². The van der Waals surface area contributed by atoms with Crippen molar-refractivity contribution in [2.24, 2.45) is 0 Å². The van der Waals surface area contributed by atoms with E-state index in [1.165, 1.54) is 88.0 Å². The molecule has 5 rings (SSSR count). The van der Waals surface area contributed by atoms with Crippen molar-refractivity contribution in [2.75, 3.05) is 13.2 Å². The highest BCUT2D eigenvalue weighted by Gasteiger charge is 2.53. The molecule has 1 aromatic rings. The third-order valence-electron chi connectivity index (χ3n) is 8.88. The average molecular weight is 841 g/mol. The van der Waals surface area contributed by atoms with Gasteiger partial charge in [-0.3, -0.25) is 28.8 Å². The Bertz CT molecular complexity index is 1830. The molecule has 8 atom stereocenters. The van der Waals surface area contributed by atoms with Crippen LogP contribution in [-0.4, -0.2) is 120 Å². The molecule has 2 saturated heterocycles. The van der Waals surface area contributed by atoms with E-state index >= 15 is 0 Å². The molecule has 0 bridgehead atoms. The number of ether oxygens (including phenoxy) is 10. The van der Waals surface area contributed by atoms with Crippen LogP contribution in [-0.2, 0) is 76.3 Å². The van der Waals surface area contributed by atoms with Crippen molar-refractivity contribution < 1.29 is 85.7 Å². The van der Waals surface area contributed by atoms with Gasteiger partial charge in [0.15, 0.2) is 36.9 Å². The van der Waals surface area contributed by atoms with Gasteiger partial charge in [-0.2, -0.15) is 0 Å². The molecule has 0 aromatic heterocycles. The van der Waals surface area contributed by atoms with Crippen molar-refractivity contribution in [2.45, 2.75) is 103 Å². The highest BCUT2D eigenvalue weighted by Crippen LogP contribution is 2.34. The Labute approximate surface area is 343 Å². The van der Waals surface area contributed by atoms with Gasteiger partial charge >= 0.3 is 47.8 Å². The van der Waals surface area contributed by atoms with Crippen LogP contribution >= 0.6 is 0 Å². The molecule has 322 valence electrons. The lowest BCUT2D eigenvalue weighted by molar-refractivity contribution is -0.166. The van der Waals surface area contributed by atoms with Crippen molar-refractivity contribution in [3.8, 4) is 11.5 Å². The van der Waals surface area contributed by atoms with Crippen molar-refractivity contribution in [3.05, 3.63) is 72.4 Å². The van der Waals surface area contributed by atoms with Crippen molar-refractivity contribution in [1.29, 1.82) is 0 Å². The van der Waals surface area contributed by atoms with E-state index in [1.807, 2.05) is 0 Å². The Morgan fingerprint density at radius 1 is 0.517 bits per heavy atom. The van der Waals surface area contributed by atoms with Crippen LogP contribution in [0.3, 0.4) is 0 Å². The zero-order valence-corrected chi connectivity index (χ0v) is 33.5. The maximum absolute atomic E-state index is 13.3. The number of benzene rings is 1. The number of allylic oxidation sites excluding steroid dienone is 2. The lowest BCUT2D eigenvalue weighted by Gasteiger charge is -2.30. The molecule has 4 heterocycles. The molecule has 20 nitrogen and oxygen atoms in total. The van der Waals surface area contributed by atoms with E-state index in [0.717, 1.165) is 0 Å². The predicted octanol–water partition coefficient (Wildman–Crippen LogP) is 2.01. The van der Waals surface area contributed by atoms with Crippen LogP contribution in [0.4, 0.5) is 0 Å². The summed E-state index contributed by atoms with van der Waals surface area (Å²) in [7, 11) is 0. The Balaban J connectivity index is 1.24. The Morgan fingerprint density at radius 2 is 0.850 bits per heavy atom. The molecule has 0 spiro atoms. The van der Waals surface area contributed by atoms with Gasteiger partial charge in [-0.25, -0.2) is 9.59 Å². The first kappa shape index (κ1) is 44.6. The van der Waals surface area contributed by atoms with Crippen molar-refractivity contribution in [1.82, 2.24) is 9.80 Å². The molecule has 4 aliphatic heterocycles. The number of esters is 8.